The SMILES string of the molecule is CC1C(c2ccccc2)=CC(c2ccccc2)=CN1C. The third kappa shape index (κ3) is 2.39. The molecule has 1 unspecified atom stereocenters. The first-order valence-electron chi connectivity index (χ1n) is 7.02. The highest BCUT2D eigenvalue weighted by atomic mass is 15.1. The quantitative estimate of drug-likeness (QED) is 0.772. The van der Waals surface area contributed by atoms with Gasteiger partial charge in [-0.3, -0.25) is 0 Å². The molecule has 1 atom stereocenters. The van der Waals surface area contributed by atoms with E-state index in [1.165, 1.54) is 22.3 Å². The molecule has 1 heterocycles. The minimum Gasteiger partial charge on any atom is -0.373 e. The lowest BCUT2D eigenvalue weighted by atomic mass is 9.91. The van der Waals surface area contributed by atoms with Crippen LogP contribution in [0.5, 0.6) is 0 Å². The van der Waals surface area contributed by atoms with E-state index in [1.807, 2.05) is 0 Å². The summed E-state index contributed by atoms with van der Waals surface area (Å²) >= 11 is 0. The fourth-order valence-electron chi connectivity index (χ4n) is 2.62. The van der Waals surface area contributed by atoms with Crippen molar-refractivity contribution in [2.75, 3.05) is 7.05 Å². The van der Waals surface area contributed by atoms with Crippen LogP contribution >= 0.6 is 0 Å². The standard InChI is InChI=1S/C19H19N/c1-15-19(17-11-7-4-8-12-17)13-18(14-20(15)2)16-9-5-3-6-10-16/h3-15H,1-2H3. The minimum absolute atomic E-state index is 0.393. The van der Waals surface area contributed by atoms with Crippen LogP contribution in [0.4, 0.5) is 0 Å². The van der Waals surface area contributed by atoms with Gasteiger partial charge < -0.3 is 4.90 Å². The minimum atomic E-state index is 0.393. The van der Waals surface area contributed by atoms with E-state index in [4.69, 9.17) is 0 Å². The molecule has 0 radical (unpaired) electrons. The molecule has 0 aliphatic carbocycles. The predicted molar refractivity (Wildman–Crippen MR) is 86.1 cm³/mol. The predicted octanol–water partition coefficient (Wildman–Crippen LogP) is 4.45. The summed E-state index contributed by atoms with van der Waals surface area (Å²) in [7, 11) is 2.14. The van der Waals surface area contributed by atoms with Crippen molar-refractivity contribution in [3.05, 3.63) is 84.1 Å². The van der Waals surface area contributed by atoms with E-state index in [1.54, 1.807) is 0 Å². The molecule has 20 heavy (non-hydrogen) atoms. The van der Waals surface area contributed by atoms with Gasteiger partial charge in [-0.15, -0.1) is 0 Å². The second kappa shape index (κ2) is 5.38. The van der Waals surface area contributed by atoms with Crippen LogP contribution in [-0.2, 0) is 0 Å². The molecule has 2 aromatic rings. The number of likely N-dealkylation sites (N-methyl/N-ethyl adjacent to an activating group) is 1. The number of rotatable bonds is 2. The number of benzene rings is 2. The molecule has 0 spiro atoms. The van der Waals surface area contributed by atoms with Crippen LogP contribution in [0.25, 0.3) is 11.1 Å². The van der Waals surface area contributed by atoms with Crippen molar-refractivity contribution >= 4 is 11.1 Å². The molecule has 0 amide bonds. The Morgan fingerprint density at radius 3 is 1.95 bits per heavy atom. The molecule has 3 rings (SSSR count). The second-order valence-electron chi connectivity index (χ2n) is 5.26. The van der Waals surface area contributed by atoms with Crippen molar-refractivity contribution < 1.29 is 0 Å². The van der Waals surface area contributed by atoms with Gasteiger partial charge in [-0.2, -0.15) is 0 Å². The van der Waals surface area contributed by atoms with Gasteiger partial charge in [0.25, 0.3) is 0 Å². The van der Waals surface area contributed by atoms with Crippen LogP contribution in [-0.4, -0.2) is 18.0 Å². The second-order valence-corrected chi connectivity index (χ2v) is 5.26. The third-order valence-electron chi connectivity index (χ3n) is 3.93. The highest BCUT2D eigenvalue weighted by molar-refractivity contribution is 5.87. The lowest BCUT2D eigenvalue weighted by Gasteiger charge is -2.31. The highest BCUT2D eigenvalue weighted by Gasteiger charge is 2.19. The monoisotopic (exact) mass is 261 g/mol. The average molecular weight is 261 g/mol. The van der Waals surface area contributed by atoms with E-state index in [9.17, 15) is 0 Å². The molecule has 2 aromatic carbocycles. The number of allylic oxidation sites excluding steroid dienone is 2. The van der Waals surface area contributed by atoms with Crippen molar-refractivity contribution in [2.24, 2.45) is 0 Å². The van der Waals surface area contributed by atoms with Crippen LogP contribution in [0.3, 0.4) is 0 Å². The lowest BCUT2D eigenvalue weighted by Crippen LogP contribution is -2.28. The van der Waals surface area contributed by atoms with Gasteiger partial charge in [0, 0.05) is 13.2 Å². The summed E-state index contributed by atoms with van der Waals surface area (Å²) in [6, 6.07) is 21.6. The molecule has 1 aliphatic rings. The van der Waals surface area contributed by atoms with E-state index < -0.39 is 0 Å². The number of nitrogens with zero attached hydrogens (tertiary/aromatic N) is 1. The van der Waals surface area contributed by atoms with Crippen LogP contribution in [0.2, 0.25) is 0 Å². The zero-order valence-corrected chi connectivity index (χ0v) is 12.0. The topological polar surface area (TPSA) is 3.24 Å². The Balaban J connectivity index is 2.05. The smallest absolute Gasteiger partial charge is 0.0511 e. The maximum absolute atomic E-state index is 2.31. The van der Waals surface area contributed by atoms with E-state index in [-0.39, 0.29) is 0 Å². The Morgan fingerprint density at radius 2 is 1.35 bits per heavy atom. The van der Waals surface area contributed by atoms with Crippen LogP contribution in [0.15, 0.2) is 72.9 Å². The molecule has 0 fully saturated rings. The summed E-state index contributed by atoms with van der Waals surface area (Å²) in [5.41, 5.74) is 5.20. The van der Waals surface area contributed by atoms with Crippen LogP contribution < -0.4 is 0 Å². The van der Waals surface area contributed by atoms with Gasteiger partial charge in [-0.1, -0.05) is 60.7 Å². The first-order chi connectivity index (χ1) is 9.75. The van der Waals surface area contributed by atoms with Gasteiger partial charge in [0.1, 0.15) is 0 Å². The average Bonchev–Trinajstić information content (AvgIpc) is 2.51. The van der Waals surface area contributed by atoms with Crippen molar-refractivity contribution in [2.45, 2.75) is 13.0 Å². The molecule has 0 N–H and O–H groups in total. The maximum Gasteiger partial charge on any atom is 0.0511 e. The lowest BCUT2D eigenvalue weighted by molar-refractivity contribution is 0.415. The molecule has 0 aromatic heterocycles. The van der Waals surface area contributed by atoms with E-state index in [0.29, 0.717) is 6.04 Å². The first kappa shape index (κ1) is 12.7. The molecular formula is C19H19N. The third-order valence-corrected chi connectivity index (χ3v) is 3.93. The molecule has 1 nitrogen and oxygen atoms in total. The Morgan fingerprint density at radius 1 is 0.800 bits per heavy atom. The normalized spacial score (nSPS) is 18.5. The summed E-state index contributed by atoms with van der Waals surface area (Å²) in [5, 5.41) is 0. The van der Waals surface area contributed by atoms with Crippen molar-refractivity contribution in [1.82, 2.24) is 4.90 Å². The zero-order valence-electron chi connectivity index (χ0n) is 12.0. The summed E-state index contributed by atoms with van der Waals surface area (Å²) in [4.78, 5) is 2.28. The molecule has 0 saturated carbocycles. The Hall–Kier alpha value is -2.28. The molecular weight excluding hydrogens is 242 g/mol. The van der Waals surface area contributed by atoms with Gasteiger partial charge in [-0.25, -0.2) is 0 Å². The Kier molecular flexibility index (Phi) is 3.42. The van der Waals surface area contributed by atoms with Crippen molar-refractivity contribution in [3.63, 3.8) is 0 Å². The summed E-state index contributed by atoms with van der Waals surface area (Å²) in [5.74, 6) is 0. The van der Waals surface area contributed by atoms with Gasteiger partial charge in [0.15, 0.2) is 0 Å². The van der Waals surface area contributed by atoms with E-state index in [2.05, 4.69) is 91.8 Å². The molecule has 1 heteroatoms. The molecule has 1 aliphatic heterocycles. The summed E-state index contributed by atoms with van der Waals surface area (Å²) < 4.78 is 0. The van der Waals surface area contributed by atoms with Crippen LogP contribution in [0.1, 0.15) is 18.1 Å². The highest BCUT2D eigenvalue weighted by Crippen LogP contribution is 2.31. The fraction of sp³-hybridized carbons (Fsp3) is 0.158. The fourth-order valence-corrected chi connectivity index (χ4v) is 2.62. The largest absolute Gasteiger partial charge is 0.373 e. The van der Waals surface area contributed by atoms with E-state index in [0.717, 1.165) is 0 Å². The number of hydrogen-bond acceptors (Lipinski definition) is 1. The Labute approximate surface area is 120 Å². The van der Waals surface area contributed by atoms with Crippen molar-refractivity contribution in [1.29, 1.82) is 0 Å². The summed E-state index contributed by atoms with van der Waals surface area (Å²) in [6.45, 7) is 2.25. The van der Waals surface area contributed by atoms with E-state index >= 15 is 0 Å². The van der Waals surface area contributed by atoms with Gasteiger partial charge in [0.2, 0.25) is 0 Å². The maximum atomic E-state index is 2.31. The summed E-state index contributed by atoms with van der Waals surface area (Å²) in [6.07, 6.45) is 4.54. The van der Waals surface area contributed by atoms with Gasteiger partial charge in [0.05, 0.1) is 6.04 Å². The zero-order chi connectivity index (χ0) is 13.9. The molecule has 0 saturated heterocycles. The van der Waals surface area contributed by atoms with Gasteiger partial charge in [-0.05, 0) is 35.3 Å². The molecule has 0 bridgehead atoms. The number of hydrogen-bond donors (Lipinski definition) is 0. The molecule has 100 valence electrons. The van der Waals surface area contributed by atoms with Gasteiger partial charge >= 0.3 is 0 Å². The first-order valence-corrected chi connectivity index (χ1v) is 7.02. The van der Waals surface area contributed by atoms with Crippen LogP contribution in [0, 0.1) is 0 Å². The van der Waals surface area contributed by atoms with Crippen molar-refractivity contribution in [3.8, 4) is 0 Å². The Bertz CT molecular complexity index is 638.